The molecule has 0 saturated carbocycles. The van der Waals surface area contributed by atoms with Crippen LogP contribution in [0.25, 0.3) is 0 Å². The zero-order valence-electron chi connectivity index (χ0n) is 14.0. The van der Waals surface area contributed by atoms with E-state index in [9.17, 15) is 9.59 Å². The Morgan fingerprint density at radius 2 is 1.70 bits per heavy atom. The highest BCUT2D eigenvalue weighted by atomic mass is 16.6. The van der Waals surface area contributed by atoms with Gasteiger partial charge in [0, 0.05) is 6.07 Å². The molecule has 2 unspecified atom stereocenters. The predicted octanol–water partition coefficient (Wildman–Crippen LogP) is 3.66. The number of hydrogen-bond donors (Lipinski definition) is 0. The molecule has 0 N–H and O–H groups in total. The molecule has 1 aliphatic heterocycles. The summed E-state index contributed by atoms with van der Waals surface area (Å²) in [6.45, 7) is 4.33. The number of esters is 2. The number of ether oxygens (including phenoxy) is 1. The summed E-state index contributed by atoms with van der Waals surface area (Å²) in [6.07, 6.45) is 7.44. The van der Waals surface area contributed by atoms with E-state index in [1.807, 2.05) is 0 Å². The Labute approximate surface area is 137 Å². The summed E-state index contributed by atoms with van der Waals surface area (Å²) in [5.41, 5.74) is 2.33. The molecule has 1 aliphatic carbocycles. The summed E-state index contributed by atoms with van der Waals surface area (Å²) in [5, 5.41) is 0. The Kier molecular flexibility index (Phi) is 4.79. The SMILES string of the molecule is CCCCc1cc2c(c(CCCC)[o+]1)CC1C(=O)OC(=O)C1C2. The van der Waals surface area contributed by atoms with Crippen LogP contribution in [0.15, 0.2) is 10.5 Å². The second-order valence-corrected chi connectivity index (χ2v) is 6.71. The third-order valence-corrected chi connectivity index (χ3v) is 5.00. The van der Waals surface area contributed by atoms with E-state index >= 15 is 0 Å². The van der Waals surface area contributed by atoms with Crippen molar-refractivity contribution in [1.29, 1.82) is 0 Å². The van der Waals surface area contributed by atoms with Crippen molar-refractivity contribution in [3.05, 3.63) is 28.7 Å². The molecule has 0 spiro atoms. The molecular weight excluding hydrogens is 292 g/mol. The average molecular weight is 317 g/mol. The highest BCUT2D eigenvalue weighted by molar-refractivity contribution is 5.97. The second-order valence-electron chi connectivity index (χ2n) is 6.71. The van der Waals surface area contributed by atoms with Crippen LogP contribution in [-0.4, -0.2) is 11.9 Å². The third-order valence-electron chi connectivity index (χ3n) is 5.00. The van der Waals surface area contributed by atoms with Crippen LogP contribution < -0.4 is 0 Å². The maximum Gasteiger partial charge on any atom is 0.332 e. The lowest BCUT2D eigenvalue weighted by Gasteiger charge is -2.21. The van der Waals surface area contributed by atoms with Crippen LogP contribution in [-0.2, 0) is 40.0 Å². The summed E-state index contributed by atoms with van der Waals surface area (Å²) >= 11 is 0. The van der Waals surface area contributed by atoms with Gasteiger partial charge in [0.15, 0.2) is 0 Å². The van der Waals surface area contributed by atoms with E-state index < -0.39 is 0 Å². The molecule has 3 rings (SSSR count). The first-order valence-electron chi connectivity index (χ1n) is 8.86. The van der Waals surface area contributed by atoms with Gasteiger partial charge in [0.1, 0.15) is 0 Å². The van der Waals surface area contributed by atoms with E-state index in [4.69, 9.17) is 9.15 Å². The van der Waals surface area contributed by atoms with Crippen LogP contribution >= 0.6 is 0 Å². The fourth-order valence-corrected chi connectivity index (χ4v) is 3.64. The van der Waals surface area contributed by atoms with Crippen LogP contribution in [0, 0.1) is 11.8 Å². The zero-order chi connectivity index (χ0) is 16.4. The highest BCUT2D eigenvalue weighted by Crippen LogP contribution is 2.38. The van der Waals surface area contributed by atoms with Gasteiger partial charge in [0.2, 0.25) is 0 Å². The number of unbranched alkanes of at least 4 members (excludes halogenated alkanes) is 2. The molecule has 1 aromatic heterocycles. The smallest absolute Gasteiger partial charge is 0.332 e. The number of carbonyl (C=O) groups excluding carboxylic acids is 2. The fraction of sp³-hybridized carbons (Fsp3) is 0.632. The van der Waals surface area contributed by atoms with Crippen LogP contribution in [0.4, 0.5) is 0 Å². The van der Waals surface area contributed by atoms with Gasteiger partial charge in [-0.1, -0.05) is 26.7 Å². The molecule has 2 heterocycles. The van der Waals surface area contributed by atoms with Crippen molar-refractivity contribution in [2.24, 2.45) is 11.8 Å². The van der Waals surface area contributed by atoms with Gasteiger partial charge in [-0.05, 0) is 31.2 Å². The lowest BCUT2D eigenvalue weighted by Crippen LogP contribution is -2.28. The van der Waals surface area contributed by atoms with Gasteiger partial charge in [-0.3, -0.25) is 9.59 Å². The van der Waals surface area contributed by atoms with Gasteiger partial charge in [0.05, 0.1) is 30.2 Å². The standard InChI is InChI=1S/C19H25O4/c1-3-5-7-13-9-12-10-15-16(19(21)23-18(15)20)11-14(12)17(22-13)8-6-4-2/h9,15-16H,3-8,10-11H2,1-2H3/q+1. The van der Waals surface area contributed by atoms with Gasteiger partial charge >= 0.3 is 23.5 Å². The third kappa shape index (κ3) is 3.17. The topological polar surface area (TPSA) is 54.7 Å². The molecule has 124 valence electrons. The second kappa shape index (κ2) is 6.81. The van der Waals surface area contributed by atoms with E-state index in [-0.39, 0.29) is 23.8 Å². The van der Waals surface area contributed by atoms with E-state index in [0.29, 0.717) is 12.8 Å². The first kappa shape index (κ1) is 16.2. The number of cyclic esters (lactones) is 2. The molecule has 0 bridgehead atoms. The maximum absolute atomic E-state index is 11.9. The van der Waals surface area contributed by atoms with E-state index in [1.54, 1.807) is 0 Å². The minimum atomic E-state index is -0.359. The number of rotatable bonds is 6. The first-order valence-corrected chi connectivity index (χ1v) is 8.86. The van der Waals surface area contributed by atoms with Crippen LogP contribution in [0.3, 0.4) is 0 Å². The van der Waals surface area contributed by atoms with E-state index in [1.165, 1.54) is 5.56 Å². The fourth-order valence-electron chi connectivity index (χ4n) is 3.64. The normalized spacial score (nSPS) is 22.7. The summed E-state index contributed by atoms with van der Waals surface area (Å²) in [4.78, 5) is 23.8. The summed E-state index contributed by atoms with van der Waals surface area (Å²) in [5.74, 6) is 0.704. The number of carbonyl (C=O) groups is 2. The van der Waals surface area contributed by atoms with Gasteiger partial charge < -0.3 is 4.74 Å². The Bertz CT molecular complexity index is 620. The van der Waals surface area contributed by atoms with E-state index in [2.05, 4.69) is 19.9 Å². The lowest BCUT2D eigenvalue weighted by atomic mass is 9.76. The Morgan fingerprint density at radius 1 is 1.04 bits per heavy atom. The van der Waals surface area contributed by atoms with Crippen molar-refractivity contribution in [1.82, 2.24) is 0 Å². The number of fused-ring (bicyclic) bond motifs is 2. The van der Waals surface area contributed by atoms with Crippen molar-refractivity contribution in [3.8, 4) is 0 Å². The van der Waals surface area contributed by atoms with Crippen LogP contribution in [0.1, 0.15) is 62.2 Å². The van der Waals surface area contributed by atoms with E-state index in [0.717, 1.165) is 55.6 Å². The molecule has 4 heteroatoms. The van der Waals surface area contributed by atoms with Crippen molar-refractivity contribution >= 4 is 11.9 Å². The molecule has 1 saturated heterocycles. The zero-order valence-corrected chi connectivity index (χ0v) is 14.0. The van der Waals surface area contributed by atoms with Crippen molar-refractivity contribution < 1.29 is 18.7 Å². The van der Waals surface area contributed by atoms with Crippen molar-refractivity contribution in [2.75, 3.05) is 0 Å². The van der Waals surface area contributed by atoms with Gasteiger partial charge in [-0.15, -0.1) is 0 Å². The highest BCUT2D eigenvalue weighted by Gasteiger charge is 2.48. The summed E-state index contributed by atoms with van der Waals surface area (Å²) in [7, 11) is 0. The number of hydrogen-bond acceptors (Lipinski definition) is 3. The largest absolute Gasteiger partial charge is 0.393 e. The molecule has 1 fully saturated rings. The lowest BCUT2D eigenvalue weighted by molar-refractivity contribution is -0.153. The molecule has 0 aromatic carbocycles. The molecule has 0 radical (unpaired) electrons. The maximum atomic E-state index is 11.9. The first-order chi connectivity index (χ1) is 11.1. The van der Waals surface area contributed by atoms with Crippen LogP contribution in [0.5, 0.6) is 0 Å². The Hall–Kier alpha value is -1.71. The molecule has 4 nitrogen and oxygen atoms in total. The minimum Gasteiger partial charge on any atom is -0.393 e. The van der Waals surface area contributed by atoms with Gasteiger partial charge in [-0.2, -0.15) is 0 Å². The van der Waals surface area contributed by atoms with Crippen molar-refractivity contribution in [2.45, 2.75) is 65.2 Å². The molecule has 0 amide bonds. The van der Waals surface area contributed by atoms with Gasteiger partial charge in [0.25, 0.3) is 0 Å². The average Bonchev–Trinajstić information content (AvgIpc) is 2.82. The van der Waals surface area contributed by atoms with Crippen molar-refractivity contribution in [3.63, 3.8) is 0 Å². The quantitative estimate of drug-likeness (QED) is 0.456. The molecule has 2 aliphatic rings. The molecule has 23 heavy (non-hydrogen) atoms. The number of aryl methyl sites for hydroxylation is 2. The summed E-state index contributed by atoms with van der Waals surface area (Å²) in [6, 6.07) is 2.10. The van der Waals surface area contributed by atoms with Gasteiger partial charge in [-0.25, -0.2) is 4.42 Å². The monoisotopic (exact) mass is 317 g/mol. The Morgan fingerprint density at radius 3 is 2.39 bits per heavy atom. The predicted molar refractivity (Wildman–Crippen MR) is 85.8 cm³/mol. The Balaban J connectivity index is 1.94. The van der Waals surface area contributed by atoms with Crippen LogP contribution in [0.2, 0.25) is 0 Å². The molecular formula is C19H25O4+. The summed E-state index contributed by atoms with van der Waals surface area (Å²) < 4.78 is 11.0. The molecule has 1 aromatic rings. The minimum absolute atomic E-state index is 0.296. The molecule has 2 atom stereocenters.